The number of hydrogen-bond acceptors (Lipinski definition) is 1. The van der Waals surface area contributed by atoms with Crippen molar-refractivity contribution in [3.05, 3.63) is 11.6 Å². The summed E-state index contributed by atoms with van der Waals surface area (Å²) in [6.45, 7) is 9.74. The highest BCUT2D eigenvalue weighted by atomic mass is 16.3. The molecule has 17 heavy (non-hydrogen) atoms. The van der Waals surface area contributed by atoms with Crippen LogP contribution in [-0.2, 0) is 0 Å². The summed E-state index contributed by atoms with van der Waals surface area (Å²) < 4.78 is 0. The largest absolute Gasteiger partial charge is 0.392 e. The van der Waals surface area contributed by atoms with E-state index in [1.54, 1.807) is 0 Å². The van der Waals surface area contributed by atoms with Gasteiger partial charge in [0.1, 0.15) is 0 Å². The topological polar surface area (TPSA) is 20.2 Å². The van der Waals surface area contributed by atoms with Gasteiger partial charge < -0.3 is 5.11 Å². The van der Waals surface area contributed by atoms with E-state index in [2.05, 4.69) is 26.8 Å². The summed E-state index contributed by atoms with van der Waals surface area (Å²) >= 11 is 0. The minimum absolute atomic E-state index is 0.216. The minimum atomic E-state index is 0.216. The first kappa shape index (κ1) is 13.1. The summed E-state index contributed by atoms with van der Waals surface area (Å²) in [5.74, 6) is 1.85. The first-order valence-corrected chi connectivity index (χ1v) is 7.20. The molecule has 0 aromatic carbocycles. The smallest absolute Gasteiger partial charge is 0.0639 e. The molecule has 0 amide bonds. The second kappa shape index (κ2) is 4.42. The van der Waals surface area contributed by atoms with Gasteiger partial charge in [-0.2, -0.15) is 0 Å². The molecule has 1 N–H and O–H groups in total. The number of allylic oxidation sites excluding steroid dienone is 1. The second-order valence-electron chi connectivity index (χ2n) is 6.95. The SMILES string of the molecule is C/C(=C/CCC1(C)C2CCC1(C)C(C)C2)CO. The Morgan fingerprint density at radius 1 is 1.41 bits per heavy atom. The monoisotopic (exact) mass is 236 g/mol. The minimum Gasteiger partial charge on any atom is -0.392 e. The Balaban J connectivity index is 2.05. The van der Waals surface area contributed by atoms with Gasteiger partial charge in [0.2, 0.25) is 0 Å². The lowest BCUT2D eigenvalue weighted by atomic mass is 9.64. The molecule has 2 rings (SSSR count). The quantitative estimate of drug-likeness (QED) is 0.726. The van der Waals surface area contributed by atoms with Gasteiger partial charge in [0.15, 0.2) is 0 Å². The van der Waals surface area contributed by atoms with E-state index in [0.29, 0.717) is 10.8 Å². The van der Waals surface area contributed by atoms with Crippen molar-refractivity contribution in [1.29, 1.82) is 0 Å². The molecule has 2 aliphatic rings. The van der Waals surface area contributed by atoms with E-state index in [1.165, 1.54) is 25.7 Å². The Kier molecular flexibility index (Phi) is 3.42. The maximum absolute atomic E-state index is 9.03. The van der Waals surface area contributed by atoms with Crippen molar-refractivity contribution < 1.29 is 5.11 Å². The van der Waals surface area contributed by atoms with Crippen molar-refractivity contribution in [2.24, 2.45) is 22.7 Å². The fourth-order valence-corrected chi connectivity index (χ4v) is 4.59. The zero-order valence-electron chi connectivity index (χ0n) is 11.9. The average molecular weight is 236 g/mol. The van der Waals surface area contributed by atoms with Crippen LogP contribution in [0.5, 0.6) is 0 Å². The van der Waals surface area contributed by atoms with Crippen LogP contribution in [0.4, 0.5) is 0 Å². The van der Waals surface area contributed by atoms with Crippen LogP contribution in [0.3, 0.4) is 0 Å². The Hall–Kier alpha value is -0.300. The van der Waals surface area contributed by atoms with Crippen molar-refractivity contribution in [3.8, 4) is 0 Å². The van der Waals surface area contributed by atoms with Gasteiger partial charge in [0.25, 0.3) is 0 Å². The van der Waals surface area contributed by atoms with Crippen LogP contribution >= 0.6 is 0 Å². The van der Waals surface area contributed by atoms with Gasteiger partial charge in [0, 0.05) is 0 Å². The Bertz CT molecular complexity index is 319. The van der Waals surface area contributed by atoms with Gasteiger partial charge in [-0.25, -0.2) is 0 Å². The summed E-state index contributed by atoms with van der Waals surface area (Å²) in [6, 6.07) is 0. The molecule has 1 nitrogen and oxygen atoms in total. The van der Waals surface area contributed by atoms with E-state index in [-0.39, 0.29) is 6.61 Å². The number of aliphatic hydroxyl groups excluding tert-OH is 1. The number of hydrogen-bond donors (Lipinski definition) is 1. The molecular formula is C16H28O. The molecule has 0 aromatic heterocycles. The van der Waals surface area contributed by atoms with E-state index in [1.807, 2.05) is 6.92 Å². The molecule has 2 fully saturated rings. The molecule has 98 valence electrons. The summed E-state index contributed by atoms with van der Waals surface area (Å²) in [7, 11) is 0. The molecule has 2 bridgehead atoms. The zero-order valence-corrected chi connectivity index (χ0v) is 11.9. The maximum Gasteiger partial charge on any atom is 0.0639 e. The standard InChI is InChI=1S/C16H28O/c1-12(11-17)6-5-8-16(4)14-7-9-15(16,3)13(2)10-14/h6,13-14,17H,5,7-11H2,1-4H3/b12-6-. The van der Waals surface area contributed by atoms with Gasteiger partial charge in [-0.3, -0.25) is 0 Å². The van der Waals surface area contributed by atoms with Crippen molar-refractivity contribution in [2.45, 2.75) is 59.8 Å². The highest BCUT2D eigenvalue weighted by Crippen LogP contribution is 2.69. The Morgan fingerprint density at radius 2 is 2.12 bits per heavy atom. The van der Waals surface area contributed by atoms with E-state index in [0.717, 1.165) is 23.8 Å². The first-order valence-electron chi connectivity index (χ1n) is 7.20. The lowest BCUT2D eigenvalue weighted by molar-refractivity contribution is 0.0836. The first-order chi connectivity index (χ1) is 7.94. The van der Waals surface area contributed by atoms with Crippen LogP contribution < -0.4 is 0 Å². The Morgan fingerprint density at radius 3 is 2.59 bits per heavy atom. The van der Waals surface area contributed by atoms with E-state index < -0.39 is 0 Å². The van der Waals surface area contributed by atoms with Crippen LogP contribution in [-0.4, -0.2) is 11.7 Å². The van der Waals surface area contributed by atoms with Crippen LogP contribution in [0.1, 0.15) is 59.8 Å². The van der Waals surface area contributed by atoms with E-state index in [4.69, 9.17) is 5.11 Å². The van der Waals surface area contributed by atoms with Crippen molar-refractivity contribution in [2.75, 3.05) is 6.61 Å². The molecule has 0 radical (unpaired) electrons. The molecule has 0 aliphatic heterocycles. The molecule has 2 saturated carbocycles. The van der Waals surface area contributed by atoms with Crippen LogP contribution in [0.25, 0.3) is 0 Å². The zero-order chi connectivity index (χ0) is 12.7. The van der Waals surface area contributed by atoms with Crippen LogP contribution in [0.15, 0.2) is 11.6 Å². The predicted octanol–water partition coefficient (Wildman–Crippen LogP) is 4.17. The molecule has 0 heterocycles. The normalized spacial score (nSPS) is 45.6. The second-order valence-corrected chi connectivity index (χ2v) is 6.95. The van der Waals surface area contributed by atoms with Crippen LogP contribution in [0, 0.1) is 22.7 Å². The van der Waals surface area contributed by atoms with Gasteiger partial charge in [-0.15, -0.1) is 0 Å². The van der Waals surface area contributed by atoms with Crippen molar-refractivity contribution in [1.82, 2.24) is 0 Å². The van der Waals surface area contributed by atoms with E-state index >= 15 is 0 Å². The summed E-state index contributed by atoms with van der Waals surface area (Å²) in [6.07, 6.45) is 8.99. The number of rotatable bonds is 4. The summed E-state index contributed by atoms with van der Waals surface area (Å²) in [4.78, 5) is 0. The lowest BCUT2D eigenvalue weighted by Crippen LogP contribution is -2.33. The molecule has 1 heteroatoms. The number of aliphatic hydroxyl groups is 1. The highest BCUT2D eigenvalue weighted by Gasteiger charge is 2.61. The third-order valence-corrected chi connectivity index (χ3v) is 6.35. The van der Waals surface area contributed by atoms with E-state index in [9.17, 15) is 0 Å². The molecular weight excluding hydrogens is 208 g/mol. The van der Waals surface area contributed by atoms with Gasteiger partial charge >= 0.3 is 0 Å². The fraction of sp³-hybridized carbons (Fsp3) is 0.875. The van der Waals surface area contributed by atoms with Crippen molar-refractivity contribution >= 4 is 0 Å². The summed E-state index contributed by atoms with van der Waals surface area (Å²) in [5.41, 5.74) is 2.23. The van der Waals surface area contributed by atoms with Crippen molar-refractivity contribution in [3.63, 3.8) is 0 Å². The number of fused-ring (bicyclic) bond motifs is 2. The third-order valence-electron chi connectivity index (χ3n) is 6.35. The third kappa shape index (κ3) is 1.87. The van der Waals surface area contributed by atoms with Gasteiger partial charge in [-0.05, 0) is 61.7 Å². The molecule has 0 saturated heterocycles. The highest BCUT2D eigenvalue weighted by molar-refractivity contribution is 5.11. The Labute approximate surface area is 106 Å². The fourth-order valence-electron chi connectivity index (χ4n) is 4.59. The summed E-state index contributed by atoms with van der Waals surface area (Å²) in [5, 5.41) is 9.03. The lowest BCUT2D eigenvalue weighted by Gasteiger charge is -2.41. The molecule has 0 spiro atoms. The maximum atomic E-state index is 9.03. The molecule has 0 aromatic rings. The molecule has 4 atom stereocenters. The predicted molar refractivity (Wildman–Crippen MR) is 72.8 cm³/mol. The average Bonchev–Trinajstić information content (AvgIpc) is 2.64. The molecule has 2 aliphatic carbocycles. The van der Waals surface area contributed by atoms with Gasteiger partial charge in [-0.1, -0.05) is 32.4 Å². The molecule has 4 unspecified atom stereocenters. The van der Waals surface area contributed by atoms with Crippen LogP contribution in [0.2, 0.25) is 0 Å². The van der Waals surface area contributed by atoms with Gasteiger partial charge in [0.05, 0.1) is 6.61 Å².